The molecule has 0 aliphatic heterocycles. The smallest absolute Gasteiger partial charge is 0.124 e. The van der Waals surface area contributed by atoms with Crippen molar-refractivity contribution < 1.29 is 4.39 Å². The fourth-order valence-electron chi connectivity index (χ4n) is 2.82. The molecule has 0 atom stereocenters. The summed E-state index contributed by atoms with van der Waals surface area (Å²) in [7, 11) is 2.11. The summed E-state index contributed by atoms with van der Waals surface area (Å²) >= 11 is 4.92. The van der Waals surface area contributed by atoms with Crippen molar-refractivity contribution in [3.63, 3.8) is 0 Å². The summed E-state index contributed by atoms with van der Waals surface area (Å²) in [5.41, 5.74) is 7.13. The van der Waals surface area contributed by atoms with Gasteiger partial charge < -0.3 is 5.73 Å². The highest BCUT2D eigenvalue weighted by atomic mass is 32.1. The van der Waals surface area contributed by atoms with Crippen LogP contribution in [0.15, 0.2) is 18.2 Å². The first-order chi connectivity index (χ1) is 9.06. The molecule has 0 amide bonds. The first-order valence-electron chi connectivity index (χ1n) is 6.86. The zero-order chi connectivity index (χ0) is 13.8. The van der Waals surface area contributed by atoms with Crippen LogP contribution in [0.25, 0.3) is 0 Å². The number of nitrogens with two attached hydrogens (primary N) is 1. The zero-order valence-corrected chi connectivity index (χ0v) is 12.2. The van der Waals surface area contributed by atoms with Crippen molar-refractivity contribution in [2.75, 3.05) is 7.05 Å². The van der Waals surface area contributed by atoms with E-state index in [-0.39, 0.29) is 10.8 Å². The Bertz CT molecular complexity index is 455. The summed E-state index contributed by atoms with van der Waals surface area (Å²) in [6.45, 7) is 0.748. The van der Waals surface area contributed by atoms with Gasteiger partial charge in [0.1, 0.15) is 10.8 Å². The van der Waals surface area contributed by atoms with E-state index in [0.717, 1.165) is 12.1 Å². The molecule has 0 bridgehead atoms. The largest absolute Gasteiger partial charge is 0.389 e. The highest BCUT2D eigenvalue weighted by molar-refractivity contribution is 7.80. The van der Waals surface area contributed by atoms with Gasteiger partial charge in [-0.2, -0.15) is 0 Å². The summed E-state index contributed by atoms with van der Waals surface area (Å²) in [5.74, 6) is -0.266. The summed E-state index contributed by atoms with van der Waals surface area (Å²) in [4.78, 5) is 2.57. The lowest BCUT2D eigenvalue weighted by Crippen LogP contribution is -2.33. The third-order valence-electron chi connectivity index (χ3n) is 3.87. The second-order valence-corrected chi connectivity index (χ2v) is 5.86. The Morgan fingerprint density at radius 3 is 2.63 bits per heavy atom. The molecule has 0 aromatic heterocycles. The van der Waals surface area contributed by atoms with Crippen molar-refractivity contribution in [3.05, 3.63) is 35.1 Å². The maximum atomic E-state index is 13.5. The summed E-state index contributed by atoms with van der Waals surface area (Å²) in [6.07, 6.45) is 6.43. The number of benzene rings is 1. The molecule has 0 spiro atoms. The maximum absolute atomic E-state index is 13.5. The molecular weight excluding hydrogens is 259 g/mol. The van der Waals surface area contributed by atoms with Crippen LogP contribution in [0.5, 0.6) is 0 Å². The minimum Gasteiger partial charge on any atom is -0.389 e. The van der Waals surface area contributed by atoms with Crippen LogP contribution in [-0.2, 0) is 6.54 Å². The van der Waals surface area contributed by atoms with Gasteiger partial charge in [0, 0.05) is 18.2 Å². The van der Waals surface area contributed by atoms with Gasteiger partial charge in [0.2, 0.25) is 0 Å². The molecule has 2 rings (SSSR count). The average molecular weight is 280 g/mol. The summed E-state index contributed by atoms with van der Waals surface area (Å²) in [5, 5.41) is 0. The van der Waals surface area contributed by atoms with Gasteiger partial charge in [0.25, 0.3) is 0 Å². The van der Waals surface area contributed by atoms with E-state index >= 15 is 0 Å². The first-order valence-corrected chi connectivity index (χ1v) is 7.26. The molecule has 1 aliphatic rings. The molecule has 19 heavy (non-hydrogen) atoms. The highest BCUT2D eigenvalue weighted by Gasteiger charge is 2.18. The lowest BCUT2D eigenvalue weighted by molar-refractivity contribution is 0.184. The average Bonchev–Trinajstić information content (AvgIpc) is 2.39. The molecule has 0 radical (unpaired) electrons. The third kappa shape index (κ3) is 3.98. The van der Waals surface area contributed by atoms with Crippen LogP contribution in [-0.4, -0.2) is 23.0 Å². The Balaban J connectivity index is 2.07. The summed E-state index contributed by atoms with van der Waals surface area (Å²) < 4.78 is 13.5. The number of halogens is 1. The summed E-state index contributed by atoms with van der Waals surface area (Å²) in [6, 6.07) is 5.48. The van der Waals surface area contributed by atoms with Crippen LogP contribution >= 0.6 is 12.2 Å². The van der Waals surface area contributed by atoms with Crippen LogP contribution in [0, 0.1) is 5.82 Å². The second-order valence-electron chi connectivity index (χ2n) is 5.42. The van der Waals surface area contributed by atoms with Crippen molar-refractivity contribution in [2.24, 2.45) is 5.73 Å². The van der Waals surface area contributed by atoms with Crippen LogP contribution in [0.4, 0.5) is 4.39 Å². The molecule has 2 N–H and O–H groups in total. The van der Waals surface area contributed by atoms with Crippen LogP contribution < -0.4 is 5.73 Å². The maximum Gasteiger partial charge on any atom is 0.124 e. The van der Waals surface area contributed by atoms with E-state index in [2.05, 4.69) is 11.9 Å². The van der Waals surface area contributed by atoms with Crippen LogP contribution in [0.2, 0.25) is 0 Å². The van der Waals surface area contributed by atoms with Gasteiger partial charge in [0.05, 0.1) is 0 Å². The van der Waals surface area contributed by atoms with E-state index in [1.165, 1.54) is 38.2 Å². The molecule has 0 unspecified atom stereocenters. The van der Waals surface area contributed by atoms with Gasteiger partial charge in [0.15, 0.2) is 0 Å². The van der Waals surface area contributed by atoms with E-state index in [9.17, 15) is 4.39 Å². The topological polar surface area (TPSA) is 29.3 Å². The standard InChI is InChI=1S/C15H21FN2S/c1-18(14-5-3-2-4-6-14)10-11-7-12(15(17)19)9-13(16)8-11/h7-9,14H,2-6,10H2,1H3,(H2,17,19). The predicted octanol–water partition coefficient (Wildman–Crippen LogP) is 3.22. The molecule has 104 valence electrons. The van der Waals surface area contributed by atoms with E-state index in [0.29, 0.717) is 11.6 Å². The van der Waals surface area contributed by atoms with E-state index in [1.54, 1.807) is 6.07 Å². The molecular formula is C15H21FN2S. The van der Waals surface area contributed by atoms with Gasteiger partial charge in [-0.3, -0.25) is 4.90 Å². The van der Waals surface area contributed by atoms with E-state index in [4.69, 9.17) is 18.0 Å². The van der Waals surface area contributed by atoms with Gasteiger partial charge in [-0.05, 0) is 43.7 Å². The monoisotopic (exact) mass is 280 g/mol. The van der Waals surface area contributed by atoms with Crippen molar-refractivity contribution in [3.8, 4) is 0 Å². The lowest BCUT2D eigenvalue weighted by atomic mass is 9.94. The Labute approximate surface area is 119 Å². The van der Waals surface area contributed by atoms with E-state index < -0.39 is 0 Å². The Morgan fingerprint density at radius 1 is 1.32 bits per heavy atom. The first kappa shape index (κ1) is 14.4. The molecule has 1 aliphatic carbocycles. The third-order valence-corrected chi connectivity index (χ3v) is 4.11. The Kier molecular flexibility index (Phi) is 4.88. The van der Waals surface area contributed by atoms with Crippen molar-refractivity contribution in [1.29, 1.82) is 0 Å². The van der Waals surface area contributed by atoms with Crippen molar-refractivity contribution in [2.45, 2.75) is 44.7 Å². The molecule has 1 saturated carbocycles. The Morgan fingerprint density at radius 2 is 2.00 bits per heavy atom. The lowest BCUT2D eigenvalue weighted by Gasteiger charge is -2.31. The minimum absolute atomic E-state index is 0.251. The van der Waals surface area contributed by atoms with Crippen molar-refractivity contribution in [1.82, 2.24) is 4.90 Å². The second kappa shape index (κ2) is 6.44. The van der Waals surface area contributed by atoms with Gasteiger partial charge in [-0.1, -0.05) is 31.5 Å². The quantitative estimate of drug-likeness (QED) is 0.859. The molecule has 4 heteroatoms. The Hall–Kier alpha value is -1.00. The van der Waals surface area contributed by atoms with Gasteiger partial charge in [-0.15, -0.1) is 0 Å². The molecule has 1 fully saturated rings. The predicted molar refractivity (Wildman–Crippen MR) is 80.6 cm³/mol. The zero-order valence-electron chi connectivity index (χ0n) is 11.4. The number of hydrogen-bond acceptors (Lipinski definition) is 2. The number of hydrogen-bond donors (Lipinski definition) is 1. The normalized spacial score (nSPS) is 16.8. The molecule has 0 saturated heterocycles. The van der Waals surface area contributed by atoms with Crippen LogP contribution in [0.1, 0.15) is 43.2 Å². The number of nitrogens with zero attached hydrogens (tertiary/aromatic N) is 1. The number of rotatable bonds is 4. The molecule has 2 nitrogen and oxygen atoms in total. The van der Waals surface area contributed by atoms with Gasteiger partial charge in [-0.25, -0.2) is 4.39 Å². The van der Waals surface area contributed by atoms with E-state index in [1.807, 2.05) is 6.07 Å². The van der Waals surface area contributed by atoms with Crippen LogP contribution in [0.3, 0.4) is 0 Å². The molecule has 1 aromatic carbocycles. The number of thiocarbonyl (C=S) groups is 1. The molecule has 0 heterocycles. The fraction of sp³-hybridized carbons (Fsp3) is 0.533. The highest BCUT2D eigenvalue weighted by Crippen LogP contribution is 2.23. The minimum atomic E-state index is -0.266. The SMILES string of the molecule is CN(Cc1cc(F)cc(C(N)=S)c1)C1CCCCC1. The fourth-order valence-corrected chi connectivity index (χ4v) is 2.94. The van der Waals surface area contributed by atoms with Gasteiger partial charge >= 0.3 is 0 Å². The molecule has 1 aromatic rings. The van der Waals surface area contributed by atoms with Crippen molar-refractivity contribution >= 4 is 17.2 Å².